The zero-order chi connectivity index (χ0) is 23.9. The fourth-order valence-electron chi connectivity index (χ4n) is 4.68. The Balaban J connectivity index is 1.68. The third kappa shape index (κ3) is 5.11. The molecule has 5 nitrogen and oxygen atoms in total. The number of hydrogen-bond acceptors (Lipinski definition) is 3. The van der Waals surface area contributed by atoms with Crippen LogP contribution in [0, 0.1) is 11.3 Å². The molecule has 0 heterocycles. The van der Waals surface area contributed by atoms with E-state index in [1.807, 2.05) is 18.7 Å². The Morgan fingerprint density at radius 2 is 1.44 bits per heavy atom. The summed E-state index contributed by atoms with van der Waals surface area (Å²) < 4.78 is 39.3. The van der Waals surface area contributed by atoms with Gasteiger partial charge in [-0.2, -0.15) is 13.2 Å². The molecule has 1 atom stereocenters. The van der Waals surface area contributed by atoms with Crippen molar-refractivity contribution >= 4 is 11.8 Å². The van der Waals surface area contributed by atoms with E-state index in [1.54, 1.807) is 0 Å². The molecule has 2 fully saturated rings. The number of primary amides is 1. The second-order valence-electron chi connectivity index (χ2n) is 10.2. The second kappa shape index (κ2) is 8.69. The van der Waals surface area contributed by atoms with Crippen molar-refractivity contribution in [3.05, 3.63) is 35.4 Å². The third-order valence-corrected chi connectivity index (χ3v) is 7.10. The molecule has 32 heavy (non-hydrogen) atoms. The summed E-state index contributed by atoms with van der Waals surface area (Å²) in [6.07, 6.45) is 1.28. The largest absolute Gasteiger partial charge is 0.421 e. The maximum absolute atomic E-state index is 13.3. The average molecular weight is 455 g/mol. The molecule has 1 aromatic carbocycles. The first-order chi connectivity index (χ1) is 14.7. The van der Waals surface area contributed by atoms with Gasteiger partial charge in [-0.05, 0) is 75.5 Å². The molecule has 0 aromatic heterocycles. The predicted molar refractivity (Wildman–Crippen MR) is 115 cm³/mol. The van der Waals surface area contributed by atoms with Crippen LogP contribution in [-0.4, -0.2) is 40.1 Å². The van der Waals surface area contributed by atoms with Crippen LogP contribution in [0.15, 0.2) is 24.3 Å². The lowest BCUT2D eigenvalue weighted by atomic mass is 9.75. The van der Waals surface area contributed by atoms with Crippen molar-refractivity contribution in [2.75, 3.05) is 0 Å². The van der Waals surface area contributed by atoms with Gasteiger partial charge in [-0.15, -0.1) is 0 Å². The predicted octanol–water partition coefficient (Wildman–Crippen LogP) is 4.52. The molecule has 0 saturated heterocycles. The Kier molecular flexibility index (Phi) is 6.67. The minimum atomic E-state index is -4.81. The van der Waals surface area contributed by atoms with E-state index in [1.165, 1.54) is 24.3 Å². The molecule has 8 heteroatoms. The van der Waals surface area contributed by atoms with Crippen LogP contribution < -0.4 is 5.73 Å². The third-order valence-electron chi connectivity index (χ3n) is 7.10. The molecule has 0 spiro atoms. The quantitative estimate of drug-likeness (QED) is 0.635. The first kappa shape index (κ1) is 24.6. The van der Waals surface area contributed by atoms with E-state index in [-0.39, 0.29) is 29.5 Å². The molecule has 0 radical (unpaired) electrons. The summed E-state index contributed by atoms with van der Waals surface area (Å²) in [5, 5.41) is 9.85. The van der Waals surface area contributed by atoms with Gasteiger partial charge in [-0.25, -0.2) is 0 Å². The van der Waals surface area contributed by atoms with Crippen molar-refractivity contribution < 1.29 is 27.9 Å². The van der Waals surface area contributed by atoms with E-state index in [0.717, 1.165) is 44.9 Å². The van der Waals surface area contributed by atoms with Crippen LogP contribution >= 0.6 is 0 Å². The number of carbonyl (C=O) groups excluding carboxylic acids is 2. The van der Waals surface area contributed by atoms with Crippen molar-refractivity contribution in [3.8, 4) is 0 Å². The van der Waals surface area contributed by atoms with Crippen LogP contribution in [0.4, 0.5) is 13.2 Å². The van der Waals surface area contributed by atoms with E-state index >= 15 is 0 Å². The normalized spacial score (nSPS) is 24.0. The number of nitrogens with two attached hydrogens (primary N) is 1. The summed E-state index contributed by atoms with van der Waals surface area (Å²) in [4.78, 5) is 26.8. The molecule has 178 valence electrons. The zero-order valence-corrected chi connectivity index (χ0v) is 18.9. The number of rotatable bonds is 7. The number of aliphatic hydroxyl groups is 1. The van der Waals surface area contributed by atoms with Crippen molar-refractivity contribution in [3.63, 3.8) is 0 Å². The fraction of sp³-hybridized carbons (Fsp3) is 0.667. The van der Waals surface area contributed by atoms with E-state index in [4.69, 9.17) is 5.73 Å². The van der Waals surface area contributed by atoms with Gasteiger partial charge in [0.15, 0.2) is 5.60 Å². The first-order valence-corrected chi connectivity index (χ1v) is 11.3. The molecule has 2 amide bonds. The Morgan fingerprint density at radius 3 is 1.84 bits per heavy atom. The Bertz CT molecular complexity index is 837. The second-order valence-corrected chi connectivity index (χ2v) is 10.2. The van der Waals surface area contributed by atoms with Gasteiger partial charge in [0.2, 0.25) is 5.91 Å². The van der Waals surface area contributed by atoms with Crippen LogP contribution in [0.3, 0.4) is 0 Å². The lowest BCUT2D eigenvalue weighted by Gasteiger charge is -2.39. The lowest BCUT2D eigenvalue weighted by Crippen LogP contribution is -2.44. The van der Waals surface area contributed by atoms with Crippen LogP contribution in [-0.2, 0) is 10.4 Å². The van der Waals surface area contributed by atoms with Gasteiger partial charge in [0.25, 0.3) is 5.91 Å². The van der Waals surface area contributed by atoms with Crippen LogP contribution in [0.25, 0.3) is 0 Å². The summed E-state index contributed by atoms with van der Waals surface area (Å²) in [5.41, 5.74) is 2.02. The summed E-state index contributed by atoms with van der Waals surface area (Å²) in [5.74, 6) is -0.0947. The van der Waals surface area contributed by atoms with Gasteiger partial charge in [-0.1, -0.05) is 26.0 Å². The molecule has 1 aromatic rings. The van der Waals surface area contributed by atoms with Crippen LogP contribution in [0.1, 0.15) is 81.6 Å². The minimum absolute atomic E-state index is 0.0842. The van der Waals surface area contributed by atoms with E-state index < -0.39 is 17.2 Å². The Morgan fingerprint density at radius 1 is 0.969 bits per heavy atom. The summed E-state index contributed by atoms with van der Waals surface area (Å²) >= 11 is 0. The van der Waals surface area contributed by atoms with Gasteiger partial charge in [-0.3, -0.25) is 9.59 Å². The summed E-state index contributed by atoms with van der Waals surface area (Å²) in [6, 6.07) is 5.34. The first-order valence-electron chi connectivity index (χ1n) is 11.3. The van der Waals surface area contributed by atoms with Crippen LogP contribution in [0.5, 0.6) is 0 Å². The standard InChI is InChI=1S/C24H33F3N2O3/c1-22(2,21(28)31)14-15-4-10-18(11-5-15)29(19-12-13-19)20(30)16-6-8-17(9-7-16)23(3,32)24(25,26)27/h6-9,15,18-19,32H,4-5,10-14H2,1-3H3,(H2,28,31)/t15?,18?,23-/m0/s1. The number of carbonyl (C=O) groups is 2. The molecule has 0 bridgehead atoms. The van der Waals surface area contributed by atoms with Crippen molar-refractivity contribution in [1.29, 1.82) is 0 Å². The van der Waals surface area contributed by atoms with Crippen molar-refractivity contribution in [1.82, 2.24) is 4.90 Å². The number of benzene rings is 1. The number of nitrogens with zero attached hydrogens (tertiary/aromatic N) is 1. The van der Waals surface area contributed by atoms with Gasteiger partial charge in [0.05, 0.1) is 0 Å². The maximum Gasteiger partial charge on any atom is 0.421 e. The summed E-state index contributed by atoms with van der Waals surface area (Å²) in [6.45, 7) is 4.43. The molecule has 2 saturated carbocycles. The highest BCUT2D eigenvalue weighted by Crippen LogP contribution is 2.41. The van der Waals surface area contributed by atoms with Gasteiger partial charge < -0.3 is 15.7 Å². The number of hydrogen-bond donors (Lipinski definition) is 2. The van der Waals surface area contributed by atoms with Gasteiger partial charge >= 0.3 is 6.18 Å². The smallest absolute Gasteiger partial charge is 0.376 e. The maximum atomic E-state index is 13.3. The number of alkyl halides is 3. The summed E-state index contributed by atoms with van der Waals surface area (Å²) in [7, 11) is 0. The topological polar surface area (TPSA) is 83.6 Å². The molecule has 3 rings (SSSR count). The van der Waals surface area contributed by atoms with E-state index in [2.05, 4.69) is 0 Å². The highest BCUT2D eigenvalue weighted by atomic mass is 19.4. The molecular weight excluding hydrogens is 421 g/mol. The van der Waals surface area contributed by atoms with E-state index in [0.29, 0.717) is 18.4 Å². The highest BCUT2D eigenvalue weighted by Gasteiger charge is 2.51. The van der Waals surface area contributed by atoms with Crippen molar-refractivity contribution in [2.45, 2.75) is 89.6 Å². The fourth-order valence-corrected chi connectivity index (χ4v) is 4.68. The van der Waals surface area contributed by atoms with E-state index in [9.17, 15) is 27.9 Å². The van der Waals surface area contributed by atoms with Gasteiger partial charge in [0.1, 0.15) is 0 Å². The van der Waals surface area contributed by atoms with Crippen molar-refractivity contribution in [2.24, 2.45) is 17.1 Å². The Hall–Kier alpha value is -2.09. The Labute approximate surface area is 187 Å². The zero-order valence-electron chi connectivity index (χ0n) is 18.9. The molecule has 3 N–H and O–H groups in total. The molecule has 2 aliphatic rings. The minimum Gasteiger partial charge on any atom is -0.376 e. The number of halogens is 3. The van der Waals surface area contributed by atoms with Crippen LogP contribution in [0.2, 0.25) is 0 Å². The molecule has 0 aliphatic heterocycles. The molecular formula is C24H33F3N2O3. The average Bonchev–Trinajstić information content (AvgIpc) is 3.53. The lowest BCUT2D eigenvalue weighted by molar-refractivity contribution is -0.258. The monoisotopic (exact) mass is 454 g/mol. The SMILES string of the molecule is CC(C)(CC1CCC(N(C(=O)c2ccc([C@](C)(O)C(F)(F)F)cc2)C2CC2)CC1)C(N)=O. The highest BCUT2D eigenvalue weighted by molar-refractivity contribution is 5.95. The number of amides is 2. The molecule has 2 aliphatic carbocycles. The molecule has 0 unspecified atom stereocenters. The van der Waals surface area contributed by atoms with Gasteiger partial charge in [0, 0.05) is 23.1 Å².